The first-order valence-corrected chi connectivity index (χ1v) is 16.5. The van der Waals surface area contributed by atoms with Crippen LogP contribution in [0.25, 0.3) is 0 Å². The minimum atomic E-state index is -1.18. The molecule has 10 heteroatoms. The van der Waals surface area contributed by atoms with Gasteiger partial charge in [-0.05, 0) is 63.1 Å². The monoisotopic (exact) mass is 616 g/mol. The third-order valence-electron chi connectivity index (χ3n) is 10.1. The third kappa shape index (κ3) is 7.07. The summed E-state index contributed by atoms with van der Waals surface area (Å²) in [6, 6.07) is 16.9. The minimum absolute atomic E-state index is 0.0190. The van der Waals surface area contributed by atoms with Crippen molar-refractivity contribution in [3.8, 4) is 0 Å². The Morgan fingerprint density at radius 1 is 0.889 bits per heavy atom. The van der Waals surface area contributed by atoms with Gasteiger partial charge in [-0.15, -0.1) is 0 Å². The van der Waals surface area contributed by atoms with Crippen LogP contribution in [0.1, 0.15) is 75.5 Å². The molecule has 4 amide bonds. The van der Waals surface area contributed by atoms with Crippen LogP contribution in [0.3, 0.4) is 0 Å². The van der Waals surface area contributed by atoms with Crippen molar-refractivity contribution in [1.29, 1.82) is 0 Å². The van der Waals surface area contributed by atoms with Crippen molar-refractivity contribution in [3.05, 3.63) is 71.8 Å². The zero-order valence-electron chi connectivity index (χ0n) is 26.5. The summed E-state index contributed by atoms with van der Waals surface area (Å²) in [6.07, 6.45) is 6.44. The van der Waals surface area contributed by atoms with E-state index < -0.39 is 29.7 Å². The van der Waals surface area contributed by atoms with E-state index in [0.717, 1.165) is 43.2 Å². The molecule has 2 aromatic rings. The number of carbonyl (C=O) groups is 4. The summed E-state index contributed by atoms with van der Waals surface area (Å²) in [5.41, 5.74) is 7.27. The molecule has 242 valence electrons. The predicted octanol–water partition coefficient (Wildman–Crippen LogP) is 2.49. The van der Waals surface area contributed by atoms with Crippen molar-refractivity contribution in [2.75, 3.05) is 26.7 Å². The van der Waals surface area contributed by atoms with Gasteiger partial charge in [-0.2, -0.15) is 0 Å². The Balaban J connectivity index is 1.47. The van der Waals surface area contributed by atoms with E-state index in [1.54, 1.807) is 23.8 Å². The molecule has 0 bridgehead atoms. The van der Waals surface area contributed by atoms with E-state index >= 15 is 0 Å². The van der Waals surface area contributed by atoms with Crippen molar-refractivity contribution in [3.63, 3.8) is 0 Å². The van der Waals surface area contributed by atoms with E-state index in [4.69, 9.17) is 5.73 Å². The lowest BCUT2D eigenvalue weighted by molar-refractivity contribution is -0.152. The topological polar surface area (TPSA) is 137 Å². The van der Waals surface area contributed by atoms with Crippen LogP contribution in [0.15, 0.2) is 60.7 Å². The van der Waals surface area contributed by atoms with Crippen LogP contribution in [0.4, 0.5) is 0 Å². The van der Waals surface area contributed by atoms with Crippen molar-refractivity contribution in [2.45, 2.75) is 88.0 Å². The van der Waals surface area contributed by atoms with Crippen molar-refractivity contribution in [2.24, 2.45) is 11.7 Å². The number of likely N-dealkylation sites (N-methyl/N-ethyl adjacent to an activating group) is 1. The van der Waals surface area contributed by atoms with Gasteiger partial charge in [0, 0.05) is 19.6 Å². The maximum Gasteiger partial charge on any atom is 0.247 e. The molecule has 10 nitrogen and oxygen atoms in total. The summed E-state index contributed by atoms with van der Waals surface area (Å²) in [6.45, 7) is 2.39. The molecule has 2 saturated heterocycles. The smallest absolute Gasteiger partial charge is 0.247 e. The molecule has 2 heterocycles. The quantitative estimate of drug-likeness (QED) is 0.342. The van der Waals surface area contributed by atoms with Crippen LogP contribution >= 0.6 is 0 Å². The zero-order valence-corrected chi connectivity index (χ0v) is 26.5. The molecule has 0 aromatic heterocycles. The van der Waals surface area contributed by atoms with Gasteiger partial charge in [0.05, 0.1) is 18.1 Å². The summed E-state index contributed by atoms with van der Waals surface area (Å²) in [7, 11) is 1.68. The van der Waals surface area contributed by atoms with Gasteiger partial charge in [-0.1, -0.05) is 79.9 Å². The standard InChI is InChI=1S/C35H48N6O4/c1-24(37-2)31(42)38-28-23-40(33(44)29(36)25-13-6-3-7-14-25)22-20-35(19-12-21-41(35)32(28)43)34(45)39-30(26-15-8-4-9-16-26)27-17-10-5-11-18-27/h4-5,8-11,15-18,24-25,28-30,37H,3,6-7,12-14,19-23,36H2,1-2H3,(H,38,42)(H,39,45)/t24-,28-,29?,35-/m1/s1. The minimum Gasteiger partial charge on any atom is -0.343 e. The lowest BCUT2D eigenvalue weighted by atomic mass is 9.83. The number of carbonyl (C=O) groups excluding carboxylic acids is 4. The Morgan fingerprint density at radius 2 is 1.51 bits per heavy atom. The molecular formula is C35H48N6O4. The second-order valence-corrected chi connectivity index (χ2v) is 12.9. The van der Waals surface area contributed by atoms with Crippen LogP contribution in [0.2, 0.25) is 0 Å². The highest BCUT2D eigenvalue weighted by atomic mass is 16.2. The van der Waals surface area contributed by atoms with Crippen molar-refractivity contribution >= 4 is 23.6 Å². The fourth-order valence-corrected chi connectivity index (χ4v) is 7.26. The number of hydrogen-bond acceptors (Lipinski definition) is 6. The normalized spacial score (nSPS) is 23.9. The average molecular weight is 617 g/mol. The van der Waals surface area contributed by atoms with E-state index in [-0.39, 0.29) is 49.1 Å². The number of rotatable bonds is 9. The van der Waals surface area contributed by atoms with E-state index in [2.05, 4.69) is 16.0 Å². The maximum absolute atomic E-state index is 14.6. The summed E-state index contributed by atoms with van der Waals surface area (Å²) < 4.78 is 0. The summed E-state index contributed by atoms with van der Waals surface area (Å²) in [4.78, 5) is 59.2. The molecule has 1 aliphatic carbocycles. The van der Waals surface area contributed by atoms with Gasteiger partial charge in [0.2, 0.25) is 23.6 Å². The van der Waals surface area contributed by atoms with E-state index in [1.807, 2.05) is 60.7 Å². The van der Waals surface area contributed by atoms with Crippen LogP contribution < -0.4 is 21.7 Å². The Morgan fingerprint density at radius 3 is 2.11 bits per heavy atom. The molecule has 3 fully saturated rings. The molecule has 2 aromatic carbocycles. The molecule has 1 unspecified atom stereocenters. The molecule has 0 spiro atoms. The fraction of sp³-hybridized carbons (Fsp3) is 0.543. The molecule has 3 aliphatic rings. The second kappa shape index (κ2) is 14.6. The second-order valence-electron chi connectivity index (χ2n) is 12.9. The van der Waals surface area contributed by atoms with Gasteiger partial charge in [0.15, 0.2) is 0 Å². The zero-order chi connectivity index (χ0) is 32.0. The highest BCUT2D eigenvalue weighted by Gasteiger charge is 2.53. The van der Waals surface area contributed by atoms with Crippen molar-refractivity contribution < 1.29 is 19.2 Å². The summed E-state index contributed by atoms with van der Waals surface area (Å²) in [5, 5.41) is 9.10. The lowest BCUT2D eigenvalue weighted by Crippen LogP contribution is -2.67. The molecule has 5 rings (SSSR count). The largest absolute Gasteiger partial charge is 0.343 e. The van der Waals surface area contributed by atoms with E-state index in [9.17, 15) is 19.2 Å². The Labute approximate surface area is 266 Å². The number of benzene rings is 2. The molecule has 2 aliphatic heterocycles. The Kier molecular flexibility index (Phi) is 10.6. The van der Waals surface area contributed by atoms with Crippen LogP contribution in [0.5, 0.6) is 0 Å². The van der Waals surface area contributed by atoms with Crippen LogP contribution in [-0.2, 0) is 19.2 Å². The molecule has 5 N–H and O–H groups in total. The first-order chi connectivity index (χ1) is 21.7. The SMILES string of the molecule is CN[C@H](C)C(=O)N[C@@H]1CN(C(=O)C(N)C2CCCCC2)CC[C@@]2(C(=O)NC(c3ccccc3)c3ccccc3)CCCN2C1=O. The number of amides is 4. The predicted molar refractivity (Wildman–Crippen MR) is 173 cm³/mol. The summed E-state index contributed by atoms with van der Waals surface area (Å²) >= 11 is 0. The number of nitrogens with two attached hydrogens (primary N) is 1. The number of fused-ring (bicyclic) bond motifs is 1. The molecule has 45 heavy (non-hydrogen) atoms. The molecule has 1 saturated carbocycles. The third-order valence-corrected chi connectivity index (χ3v) is 10.1. The summed E-state index contributed by atoms with van der Waals surface area (Å²) in [5.74, 6) is -1.08. The Bertz CT molecular complexity index is 1290. The highest BCUT2D eigenvalue weighted by Crippen LogP contribution is 2.37. The highest BCUT2D eigenvalue weighted by molar-refractivity contribution is 5.97. The number of hydrogen-bond donors (Lipinski definition) is 4. The molecule has 4 atom stereocenters. The van der Waals surface area contributed by atoms with Gasteiger partial charge < -0.3 is 31.5 Å². The molecule has 0 radical (unpaired) electrons. The van der Waals surface area contributed by atoms with Gasteiger partial charge in [-0.3, -0.25) is 19.2 Å². The molecular weight excluding hydrogens is 568 g/mol. The average Bonchev–Trinajstić information content (AvgIpc) is 3.52. The maximum atomic E-state index is 14.6. The van der Waals surface area contributed by atoms with Gasteiger partial charge in [-0.25, -0.2) is 0 Å². The van der Waals surface area contributed by atoms with E-state index in [0.29, 0.717) is 19.4 Å². The first-order valence-electron chi connectivity index (χ1n) is 16.5. The Hall–Kier alpha value is -3.76. The van der Waals surface area contributed by atoms with Gasteiger partial charge in [0.1, 0.15) is 11.6 Å². The number of nitrogens with one attached hydrogen (secondary N) is 3. The van der Waals surface area contributed by atoms with Gasteiger partial charge in [0.25, 0.3) is 0 Å². The van der Waals surface area contributed by atoms with Gasteiger partial charge >= 0.3 is 0 Å². The van der Waals surface area contributed by atoms with Crippen molar-refractivity contribution in [1.82, 2.24) is 25.8 Å². The van der Waals surface area contributed by atoms with E-state index in [1.165, 1.54) is 0 Å². The number of nitrogens with zero attached hydrogens (tertiary/aromatic N) is 2. The van der Waals surface area contributed by atoms with Crippen LogP contribution in [0, 0.1) is 5.92 Å². The van der Waals surface area contributed by atoms with Crippen LogP contribution in [-0.4, -0.2) is 83.8 Å². The lowest BCUT2D eigenvalue weighted by Gasteiger charge is -2.44. The first kappa shape index (κ1) is 32.6. The fourth-order valence-electron chi connectivity index (χ4n) is 7.26.